The van der Waals surface area contributed by atoms with Gasteiger partial charge in [-0.25, -0.2) is 4.98 Å². The minimum absolute atomic E-state index is 0.0972. The highest BCUT2D eigenvalue weighted by Crippen LogP contribution is 2.12. The molecule has 8 N–H and O–H groups in total. The number of nitrogen functional groups attached to an aromatic ring is 4. The van der Waals surface area contributed by atoms with Crippen LogP contribution in [0, 0.1) is 5.92 Å². The van der Waals surface area contributed by atoms with Gasteiger partial charge in [0.05, 0.1) is 6.61 Å². The van der Waals surface area contributed by atoms with Crippen molar-refractivity contribution in [2.24, 2.45) is 5.92 Å². The molecule has 0 aromatic carbocycles. The van der Waals surface area contributed by atoms with Crippen LogP contribution in [0.4, 0.5) is 23.5 Å². The summed E-state index contributed by atoms with van der Waals surface area (Å²) in [4.78, 5) is 14.8. The molecule has 0 saturated heterocycles. The lowest BCUT2D eigenvalue weighted by Crippen LogP contribution is -2.06. The third kappa shape index (κ3) is 7.86. The molecule has 10 heteroatoms. The molecule has 2 aromatic rings. The summed E-state index contributed by atoms with van der Waals surface area (Å²) < 4.78 is 5.37. The molecule has 0 fully saturated rings. The average Bonchev–Trinajstić information content (AvgIpc) is 2.35. The van der Waals surface area contributed by atoms with Crippen molar-refractivity contribution in [3.8, 4) is 5.88 Å². The van der Waals surface area contributed by atoms with Gasteiger partial charge in [0, 0.05) is 12.1 Å². The summed E-state index contributed by atoms with van der Waals surface area (Å²) in [5.41, 5.74) is 21.3. The lowest BCUT2D eigenvalue weighted by atomic mass is 10.1. The van der Waals surface area contributed by atoms with Crippen LogP contribution < -0.4 is 27.7 Å². The minimum atomic E-state index is 0.0972. The molecule has 0 saturated carbocycles. The molecule has 0 radical (unpaired) electrons. The van der Waals surface area contributed by atoms with Crippen LogP contribution in [0.1, 0.15) is 20.3 Å². The van der Waals surface area contributed by atoms with Gasteiger partial charge in [-0.3, -0.25) is 0 Å². The van der Waals surface area contributed by atoms with Crippen LogP contribution in [-0.2, 0) is 0 Å². The van der Waals surface area contributed by atoms with Crippen LogP contribution >= 0.6 is 11.6 Å². The largest absolute Gasteiger partial charge is 0.477 e. The maximum atomic E-state index is 5.48. The summed E-state index contributed by atoms with van der Waals surface area (Å²) >= 11 is 5.44. The Morgan fingerprint density at radius 3 is 2.00 bits per heavy atom. The molecule has 0 aliphatic rings. The van der Waals surface area contributed by atoms with Crippen molar-refractivity contribution < 1.29 is 4.74 Å². The van der Waals surface area contributed by atoms with Crippen molar-refractivity contribution in [1.29, 1.82) is 0 Å². The van der Waals surface area contributed by atoms with Gasteiger partial charge in [0.2, 0.25) is 17.8 Å². The molecule has 2 rings (SSSR count). The van der Waals surface area contributed by atoms with E-state index in [-0.39, 0.29) is 22.9 Å². The van der Waals surface area contributed by atoms with Crippen LogP contribution in [0.25, 0.3) is 0 Å². The molecule has 0 aliphatic carbocycles. The van der Waals surface area contributed by atoms with E-state index in [4.69, 9.17) is 39.3 Å². The van der Waals surface area contributed by atoms with Crippen LogP contribution in [-0.4, -0.2) is 26.5 Å². The number of hydrogen-bond acceptors (Lipinski definition) is 9. The van der Waals surface area contributed by atoms with Gasteiger partial charge in [-0.2, -0.15) is 15.0 Å². The molecule has 9 nitrogen and oxygen atoms in total. The van der Waals surface area contributed by atoms with Gasteiger partial charge < -0.3 is 27.7 Å². The Morgan fingerprint density at radius 1 is 0.957 bits per heavy atom. The van der Waals surface area contributed by atoms with Gasteiger partial charge in [0.1, 0.15) is 16.8 Å². The zero-order valence-corrected chi connectivity index (χ0v) is 13.8. The van der Waals surface area contributed by atoms with E-state index in [1.165, 1.54) is 6.07 Å². The fraction of sp³-hybridized carbons (Fsp3) is 0.385. The monoisotopic (exact) mass is 340 g/mol. The van der Waals surface area contributed by atoms with Crippen molar-refractivity contribution >= 4 is 35.1 Å². The fourth-order valence-corrected chi connectivity index (χ4v) is 1.59. The molecular weight excluding hydrogens is 320 g/mol. The van der Waals surface area contributed by atoms with Crippen LogP contribution in [0.3, 0.4) is 0 Å². The smallest absolute Gasteiger partial charge is 0.225 e. The number of halogens is 1. The Morgan fingerprint density at radius 2 is 1.52 bits per heavy atom. The Labute approximate surface area is 139 Å². The SMILES string of the molecule is CC(C)CCOc1cc(N)nc(N)n1.Nc1cc(Cl)nc(N)n1. The molecule has 0 spiro atoms. The molecule has 23 heavy (non-hydrogen) atoms. The van der Waals surface area contributed by atoms with Gasteiger partial charge >= 0.3 is 0 Å². The molecule has 0 aliphatic heterocycles. The van der Waals surface area contributed by atoms with Gasteiger partial charge in [0.15, 0.2) is 0 Å². The summed E-state index contributed by atoms with van der Waals surface area (Å²) in [5, 5.41) is 0.264. The van der Waals surface area contributed by atoms with Gasteiger partial charge in [-0.15, -0.1) is 0 Å². The average molecular weight is 341 g/mol. The summed E-state index contributed by atoms with van der Waals surface area (Å²) in [6, 6.07) is 2.99. The molecule has 2 heterocycles. The molecular formula is C13H21ClN8O. The fourth-order valence-electron chi connectivity index (χ4n) is 1.39. The normalized spacial score (nSPS) is 10.1. The topological polar surface area (TPSA) is 165 Å². The number of rotatable bonds is 4. The van der Waals surface area contributed by atoms with E-state index in [9.17, 15) is 0 Å². The standard InChI is InChI=1S/C9H16N4O.C4H5ClN4/c1-6(2)3-4-14-8-5-7(10)12-9(11)13-8;5-2-1-3(6)9-4(7)8-2/h5-6H,3-4H2,1-2H3,(H4,10,11,12,13);1H,(H4,6,7,8,9). The van der Waals surface area contributed by atoms with Gasteiger partial charge in [-0.1, -0.05) is 25.4 Å². The molecule has 0 bridgehead atoms. The summed E-state index contributed by atoms with van der Waals surface area (Å²) in [6.45, 7) is 4.88. The van der Waals surface area contributed by atoms with E-state index in [0.29, 0.717) is 24.2 Å². The van der Waals surface area contributed by atoms with Crippen LogP contribution in [0.15, 0.2) is 12.1 Å². The molecule has 0 atom stereocenters. The van der Waals surface area contributed by atoms with E-state index in [2.05, 4.69) is 33.8 Å². The van der Waals surface area contributed by atoms with E-state index in [1.807, 2.05) is 0 Å². The van der Waals surface area contributed by atoms with E-state index < -0.39 is 0 Å². The quantitative estimate of drug-likeness (QED) is 0.601. The Balaban J connectivity index is 0.000000253. The first-order valence-electron chi connectivity index (χ1n) is 6.84. The number of nitrogens with zero attached hydrogens (tertiary/aromatic N) is 4. The zero-order valence-electron chi connectivity index (χ0n) is 13.0. The van der Waals surface area contributed by atoms with E-state index in [0.717, 1.165) is 6.42 Å². The Bertz CT molecular complexity index is 567. The van der Waals surface area contributed by atoms with Gasteiger partial charge in [0.25, 0.3) is 0 Å². The molecule has 0 amide bonds. The first kappa shape index (κ1) is 18.5. The zero-order chi connectivity index (χ0) is 17.4. The highest BCUT2D eigenvalue weighted by Gasteiger charge is 2.01. The predicted octanol–water partition coefficient (Wildman–Crippen LogP) is 1.36. The van der Waals surface area contributed by atoms with Crippen LogP contribution in [0.5, 0.6) is 5.88 Å². The van der Waals surface area contributed by atoms with Crippen molar-refractivity contribution in [3.63, 3.8) is 0 Å². The number of ether oxygens (including phenoxy) is 1. The van der Waals surface area contributed by atoms with Crippen molar-refractivity contribution in [3.05, 3.63) is 17.3 Å². The van der Waals surface area contributed by atoms with E-state index in [1.54, 1.807) is 6.07 Å². The molecule has 0 unspecified atom stereocenters. The highest BCUT2D eigenvalue weighted by atomic mass is 35.5. The van der Waals surface area contributed by atoms with Gasteiger partial charge in [-0.05, 0) is 12.3 Å². The first-order valence-corrected chi connectivity index (χ1v) is 7.22. The van der Waals surface area contributed by atoms with Crippen molar-refractivity contribution in [2.75, 3.05) is 29.5 Å². The number of nitrogens with two attached hydrogens (primary N) is 4. The number of anilines is 4. The Kier molecular flexibility index (Phi) is 7.07. The summed E-state index contributed by atoms with van der Waals surface area (Å²) in [6.07, 6.45) is 0.976. The van der Waals surface area contributed by atoms with Crippen molar-refractivity contribution in [1.82, 2.24) is 19.9 Å². The molecule has 2 aromatic heterocycles. The minimum Gasteiger partial charge on any atom is -0.477 e. The van der Waals surface area contributed by atoms with Crippen molar-refractivity contribution in [2.45, 2.75) is 20.3 Å². The second kappa shape index (κ2) is 8.79. The second-order valence-electron chi connectivity index (χ2n) is 4.99. The third-order valence-electron chi connectivity index (χ3n) is 2.42. The predicted molar refractivity (Wildman–Crippen MR) is 91.7 cm³/mol. The second-order valence-corrected chi connectivity index (χ2v) is 5.38. The highest BCUT2D eigenvalue weighted by molar-refractivity contribution is 6.29. The van der Waals surface area contributed by atoms with Crippen LogP contribution in [0.2, 0.25) is 5.15 Å². The summed E-state index contributed by atoms with van der Waals surface area (Å²) in [7, 11) is 0. The maximum Gasteiger partial charge on any atom is 0.225 e. The van der Waals surface area contributed by atoms with E-state index >= 15 is 0 Å². The molecule has 126 valence electrons. The maximum absolute atomic E-state index is 5.48. The number of hydrogen-bond donors (Lipinski definition) is 4. The third-order valence-corrected chi connectivity index (χ3v) is 2.61. The first-order chi connectivity index (χ1) is 10.8. The lowest BCUT2D eigenvalue weighted by Gasteiger charge is -2.07. The lowest BCUT2D eigenvalue weighted by molar-refractivity contribution is 0.279. The number of aromatic nitrogens is 4. The Hall–Kier alpha value is -2.55. The summed E-state index contributed by atoms with van der Waals surface area (Å²) in [5.74, 6) is 1.90.